The lowest BCUT2D eigenvalue weighted by atomic mass is 10.2. The van der Waals surface area contributed by atoms with Crippen LogP contribution in [0, 0.1) is 5.92 Å². The van der Waals surface area contributed by atoms with Crippen LogP contribution in [0.5, 0.6) is 0 Å². The van der Waals surface area contributed by atoms with Crippen molar-refractivity contribution >= 4 is 5.91 Å². The predicted octanol–water partition coefficient (Wildman–Crippen LogP) is 2.31. The zero-order valence-corrected chi connectivity index (χ0v) is 11.5. The van der Waals surface area contributed by atoms with Gasteiger partial charge in [-0.05, 0) is 18.1 Å². The summed E-state index contributed by atoms with van der Waals surface area (Å²) in [5, 5.41) is 0. The molecule has 0 atom stereocenters. The van der Waals surface area contributed by atoms with Gasteiger partial charge in [-0.15, -0.1) is 0 Å². The van der Waals surface area contributed by atoms with E-state index in [1.54, 1.807) is 28.3 Å². The number of amides is 1. The van der Waals surface area contributed by atoms with Crippen molar-refractivity contribution < 1.29 is 9.21 Å². The summed E-state index contributed by atoms with van der Waals surface area (Å²) in [4.78, 5) is 18.3. The molecule has 0 aliphatic heterocycles. The minimum Gasteiger partial charge on any atom is -0.467 e. The van der Waals surface area contributed by atoms with Crippen molar-refractivity contribution in [2.24, 2.45) is 13.0 Å². The SMILES string of the molecule is CC(C)CN(Cc1ccco1)C(=O)c1cncn1C. The van der Waals surface area contributed by atoms with Crippen LogP contribution in [0.4, 0.5) is 0 Å². The monoisotopic (exact) mass is 261 g/mol. The summed E-state index contributed by atoms with van der Waals surface area (Å²) in [6.45, 7) is 5.34. The van der Waals surface area contributed by atoms with Crippen molar-refractivity contribution in [1.82, 2.24) is 14.5 Å². The Labute approximate surface area is 112 Å². The van der Waals surface area contributed by atoms with E-state index in [9.17, 15) is 4.79 Å². The summed E-state index contributed by atoms with van der Waals surface area (Å²) in [5.74, 6) is 1.16. The fourth-order valence-corrected chi connectivity index (χ4v) is 1.98. The first-order valence-electron chi connectivity index (χ1n) is 6.36. The van der Waals surface area contributed by atoms with Crippen LogP contribution in [0.25, 0.3) is 0 Å². The maximum atomic E-state index is 12.5. The average Bonchev–Trinajstić information content (AvgIpc) is 2.98. The Hall–Kier alpha value is -2.04. The highest BCUT2D eigenvalue weighted by Gasteiger charge is 2.20. The van der Waals surface area contributed by atoms with Crippen molar-refractivity contribution in [2.45, 2.75) is 20.4 Å². The average molecular weight is 261 g/mol. The summed E-state index contributed by atoms with van der Waals surface area (Å²) in [7, 11) is 1.82. The molecule has 5 heteroatoms. The van der Waals surface area contributed by atoms with Crippen LogP contribution in [0.3, 0.4) is 0 Å². The van der Waals surface area contributed by atoms with Crippen LogP contribution < -0.4 is 0 Å². The van der Waals surface area contributed by atoms with E-state index in [-0.39, 0.29) is 5.91 Å². The molecule has 0 fully saturated rings. The van der Waals surface area contributed by atoms with Crippen LogP contribution in [-0.4, -0.2) is 26.9 Å². The number of aromatic nitrogens is 2. The van der Waals surface area contributed by atoms with Crippen LogP contribution in [0.15, 0.2) is 35.3 Å². The standard InChI is InChI=1S/C14H19N3O2/c1-11(2)8-17(9-12-5-4-6-19-12)14(18)13-7-15-10-16(13)3/h4-7,10-11H,8-9H2,1-3H3. The Morgan fingerprint density at radius 1 is 1.53 bits per heavy atom. The van der Waals surface area contributed by atoms with E-state index in [1.165, 1.54) is 0 Å². The fraction of sp³-hybridized carbons (Fsp3) is 0.429. The fourth-order valence-electron chi connectivity index (χ4n) is 1.98. The zero-order chi connectivity index (χ0) is 13.8. The number of hydrogen-bond donors (Lipinski definition) is 0. The zero-order valence-electron chi connectivity index (χ0n) is 11.5. The van der Waals surface area contributed by atoms with E-state index in [1.807, 2.05) is 19.2 Å². The molecular weight excluding hydrogens is 242 g/mol. The Morgan fingerprint density at radius 2 is 2.32 bits per heavy atom. The number of carbonyl (C=O) groups excluding carboxylic acids is 1. The summed E-state index contributed by atoms with van der Waals surface area (Å²) in [5.41, 5.74) is 0.590. The molecule has 0 N–H and O–H groups in total. The van der Waals surface area contributed by atoms with Crippen molar-refractivity contribution in [3.63, 3.8) is 0 Å². The van der Waals surface area contributed by atoms with Gasteiger partial charge in [0.1, 0.15) is 11.5 Å². The number of rotatable bonds is 5. The third kappa shape index (κ3) is 3.24. The van der Waals surface area contributed by atoms with Gasteiger partial charge in [0.05, 0.1) is 25.3 Å². The highest BCUT2D eigenvalue weighted by molar-refractivity contribution is 5.92. The second-order valence-electron chi connectivity index (χ2n) is 5.05. The third-order valence-electron chi connectivity index (χ3n) is 2.84. The van der Waals surface area contributed by atoms with E-state index in [4.69, 9.17) is 4.42 Å². The maximum Gasteiger partial charge on any atom is 0.272 e. The maximum absolute atomic E-state index is 12.5. The second kappa shape index (κ2) is 5.73. The second-order valence-corrected chi connectivity index (χ2v) is 5.05. The molecule has 2 aromatic rings. The van der Waals surface area contributed by atoms with E-state index in [0.717, 1.165) is 5.76 Å². The van der Waals surface area contributed by atoms with Gasteiger partial charge in [0.15, 0.2) is 0 Å². The molecule has 19 heavy (non-hydrogen) atoms. The minimum absolute atomic E-state index is 0.0231. The highest BCUT2D eigenvalue weighted by Crippen LogP contribution is 2.12. The Balaban J connectivity index is 2.17. The molecule has 5 nitrogen and oxygen atoms in total. The van der Waals surface area contributed by atoms with Crippen LogP contribution in [0.2, 0.25) is 0 Å². The smallest absolute Gasteiger partial charge is 0.272 e. The molecule has 0 saturated carbocycles. The molecule has 102 valence electrons. The summed E-state index contributed by atoms with van der Waals surface area (Å²) < 4.78 is 7.06. The largest absolute Gasteiger partial charge is 0.467 e. The molecule has 0 spiro atoms. The van der Waals surface area contributed by atoms with Gasteiger partial charge in [0.25, 0.3) is 5.91 Å². The van der Waals surface area contributed by atoms with Crippen molar-refractivity contribution in [3.8, 4) is 0 Å². The molecule has 2 aromatic heterocycles. The van der Waals surface area contributed by atoms with Crippen molar-refractivity contribution in [3.05, 3.63) is 42.4 Å². The lowest BCUT2D eigenvalue weighted by Crippen LogP contribution is -2.34. The van der Waals surface area contributed by atoms with E-state index < -0.39 is 0 Å². The molecule has 0 aromatic carbocycles. The molecule has 1 amide bonds. The van der Waals surface area contributed by atoms with E-state index >= 15 is 0 Å². The first kappa shape index (κ1) is 13.4. The normalized spacial score (nSPS) is 10.9. The van der Waals surface area contributed by atoms with Crippen LogP contribution >= 0.6 is 0 Å². The molecule has 2 heterocycles. The van der Waals surface area contributed by atoms with Crippen molar-refractivity contribution in [1.29, 1.82) is 0 Å². The number of nitrogens with zero attached hydrogens (tertiary/aromatic N) is 3. The van der Waals surface area contributed by atoms with E-state index in [2.05, 4.69) is 18.8 Å². The number of imidazole rings is 1. The summed E-state index contributed by atoms with van der Waals surface area (Å²) in [6.07, 6.45) is 4.85. The van der Waals surface area contributed by atoms with E-state index in [0.29, 0.717) is 24.7 Å². The lowest BCUT2D eigenvalue weighted by Gasteiger charge is -2.23. The number of furan rings is 1. The molecule has 0 radical (unpaired) electrons. The molecular formula is C14H19N3O2. The van der Waals surface area contributed by atoms with Gasteiger partial charge in [-0.2, -0.15) is 0 Å². The highest BCUT2D eigenvalue weighted by atomic mass is 16.3. The summed E-state index contributed by atoms with van der Waals surface area (Å²) >= 11 is 0. The van der Waals surface area contributed by atoms with Gasteiger partial charge in [-0.3, -0.25) is 4.79 Å². The van der Waals surface area contributed by atoms with Gasteiger partial charge in [-0.1, -0.05) is 13.8 Å². The first-order valence-corrected chi connectivity index (χ1v) is 6.36. The number of carbonyl (C=O) groups is 1. The Morgan fingerprint density at radius 3 is 2.84 bits per heavy atom. The molecule has 0 aliphatic carbocycles. The topological polar surface area (TPSA) is 51.3 Å². The molecule has 2 rings (SSSR count). The molecule has 0 saturated heterocycles. The minimum atomic E-state index is -0.0231. The van der Waals surface area contributed by atoms with Gasteiger partial charge in [0.2, 0.25) is 0 Å². The van der Waals surface area contributed by atoms with Gasteiger partial charge >= 0.3 is 0 Å². The van der Waals surface area contributed by atoms with Gasteiger partial charge in [0, 0.05) is 13.6 Å². The third-order valence-corrected chi connectivity index (χ3v) is 2.84. The van der Waals surface area contributed by atoms with Gasteiger partial charge < -0.3 is 13.9 Å². The first-order chi connectivity index (χ1) is 9.08. The van der Waals surface area contributed by atoms with Crippen LogP contribution in [-0.2, 0) is 13.6 Å². The predicted molar refractivity (Wildman–Crippen MR) is 71.5 cm³/mol. The van der Waals surface area contributed by atoms with Gasteiger partial charge in [-0.25, -0.2) is 4.98 Å². The van der Waals surface area contributed by atoms with Crippen LogP contribution in [0.1, 0.15) is 30.1 Å². The number of aryl methyl sites for hydroxylation is 1. The molecule has 0 bridgehead atoms. The number of hydrogen-bond acceptors (Lipinski definition) is 3. The Bertz CT molecular complexity index is 529. The molecule has 0 unspecified atom stereocenters. The lowest BCUT2D eigenvalue weighted by molar-refractivity contribution is 0.0700. The molecule has 0 aliphatic rings. The Kier molecular flexibility index (Phi) is 4.04. The summed E-state index contributed by atoms with van der Waals surface area (Å²) in [6, 6.07) is 3.71. The van der Waals surface area contributed by atoms with Crippen molar-refractivity contribution in [2.75, 3.05) is 6.54 Å². The quantitative estimate of drug-likeness (QED) is 0.830.